The Balaban J connectivity index is 2.74. The second kappa shape index (κ2) is 9.70. The van der Waals surface area contributed by atoms with E-state index in [9.17, 15) is 0 Å². The second-order valence-corrected chi connectivity index (χ2v) is 2.58. The van der Waals surface area contributed by atoms with Crippen molar-refractivity contribution in [2.45, 2.75) is 39.0 Å². The van der Waals surface area contributed by atoms with Gasteiger partial charge in [-0.2, -0.15) is 0 Å². The van der Waals surface area contributed by atoms with Gasteiger partial charge in [0.05, 0.1) is 6.61 Å². The highest BCUT2D eigenvalue weighted by molar-refractivity contribution is 4.65. The fraction of sp³-hybridized carbons (Fsp3) is 0.700. The Labute approximate surface area is 70.4 Å². The SMILES string of the molecule is C=CCCCCCO[CH]CC. The minimum absolute atomic E-state index is 0.880. The van der Waals surface area contributed by atoms with Gasteiger partial charge in [-0.3, -0.25) is 0 Å². The molecule has 0 N–H and O–H groups in total. The molecule has 0 aromatic rings. The molecule has 11 heavy (non-hydrogen) atoms. The van der Waals surface area contributed by atoms with E-state index in [1.165, 1.54) is 19.3 Å². The van der Waals surface area contributed by atoms with Crippen LogP contribution in [0.3, 0.4) is 0 Å². The summed E-state index contributed by atoms with van der Waals surface area (Å²) in [5.74, 6) is 0. The maximum atomic E-state index is 5.21. The first-order chi connectivity index (χ1) is 5.41. The molecule has 0 aromatic heterocycles. The topological polar surface area (TPSA) is 9.23 Å². The van der Waals surface area contributed by atoms with E-state index in [0.29, 0.717) is 0 Å². The molecule has 0 rings (SSSR count). The molecule has 0 aliphatic heterocycles. The number of hydrogen-bond acceptors (Lipinski definition) is 1. The predicted octanol–water partition coefficient (Wildman–Crippen LogP) is 3.32. The summed E-state index contributed by atoms with van der Waals surface area (Å²) < 4.78 is 5.21. The average Bonchev–Trinajstić information content (AvgIpc) is 2.03. The van der Waals surface area contributed by atoms with Gasteiger partial charge in [-0.15, -0.1) is 6.58 Å². The Hall–Kier alpha value is -0.300. The summed E-state index contributed by atoms with van der Waals surface area (Å²) in [6.45, 7) is 8.50. The van der Waals surface area contributed by atoms with Gasteiger partial charge < -0.3 is 4.74 Å². The third-order valence-electron chi connectivity index (χ3n) is 1.45. The summed E-state index contributed by atoms with van der Waals surface area (Å²) in [4.78, 5) is 0. The van der Waals surface area contributed by atoms with Crippen LogP contribution < -0.4 is 0 Å². The summed E-state index contributed by atoms with van der Waals surface area (Å²) >= 11 is 0. The lowest BCUT2D eigenvalue weighted by Crippen LogP contribution is -1.90. The maximum absolute atomic E-state index is 5.21. The number of allylic oxidation sites excluding steroid dienone is 1. The van der Waals surface area contributed by atoms with E-state index in [1.807, 2.05) is 12.7 Å². The number of ether oxygens (including phenoxy) is 1. The van der Waals surface area contributed by atoms with Crippen molar-refractivity contribution >= 4 is 0 Å². The first-order valence-electron chi connectivity index (χ1n) is 4.46. The number of unbranched alkanes of at least 4 members (excludes halogenated alkanes) is 3. The Morgan fingerprint density at radius 2 is 2.09 bits per heavy atom. The van der Waals surface area contributed by atoms with Gasteiger partial charge in [0.2, 0.25) is 0 Å². The van der Waals surface area contributed by atoms with E-state index in [-0.39, 0.29) is 0 Å². The largest absolute Gasteiger partial charge is 0.376 e. The highest BCUT2D eigenvalue weighted by Crippen LogP contribution is 2.01. The lowest BCUT2D eigenvalue weighted by Gasteiger charge is -2.00. The lowest BCUT2D eigenvalue weighted by molar-refractivity contribution is 0.188. The van der Waals surface area contributed by atoms with E-state index < -0.39 is 0 Å². The van der Waals surface area contributed by atoms with Crippen LogP contribution in [-0.2, 0) is 4.74 Å². The van der Waals surface area contributed by atoms with E-state index >= 15 is 0 Å². The van der Waals surface area contributed by atoms with Crippen molar-refractivity contribution in [3.63, 3.8) is 0 Å². The van der Waals surface area contributed by atoms with Crippen molar-refractivity contribution in [1.82, 2.24) is 0 Å². The van der Waals surface area contributed by atoms with Gasteiger partial charge in [0.15, 0.2) is 0 Å². The molecule has 0 aliphatic carbocycles. The standard InChI is InChI=1S/C10H19O/c1-3-5-6-7-8-10-11-9-4-2/h3,9H,1,4-8,10H2,2H3. The molecule has 65 valence electrons. The molecule has 0 atom stereocenters. The fourth-order valence-corrected chi connectivity index (χ4v) is 0.852. The molecule has 0 bridgehead atoms. The summed E-state index contributed by atoms with van der Waals surface area (Å²) in [5.41, 5.74) is 0. The summed E-state index contributed by atoms with van der Waals surface area (Å²) in [6.07, 6.45) is 7.79. The minimum atomic E-state index is 0.880. The molecule has 0 fully saturated rings. The third-order valence-corrected chi connectivity index (χ3v) is 1.45. The summed E-state index contributed by atoms with van der Waals surface area (Å²) in [7, 11) is 0. The second-order valence-electron chi connectivity index (χ2n) is 2.58. The van der Waals surface area contributed by atoms with Crippen molar-refractivity contribution < 1.29 is 4.74 Å². The molecular formula is C10H19O. The van der Waals surface area contributed by atoms with Crippen LogP contribution in [0.5, 0.6) is 0 Å². The molecular weight excluding hydrogens is 136 g/mol. The summed E-state index contributed by atoms with van der Waals surface area (Å²) in [5, 5.41) is 0. The predicted molar refractivity (Wildman–Crippen MR) is 49.2 cm³/mol. The van der Waals surface area contributed by atoms with Crippen LogP contribution >= 0.6 is 0 Å². The molecule has 0 saturated heterocycles. The monoisotopic (exact) mass is 155 g/mol. The Bertz CT molecular complexity index is 78.9. The van der Waals surface area contributed by atoms with Crippen molar-refractivity contribution in [2.75, 3.05) is 6.61 Å². The van der Waals surface area contributed by atoms with Gasteiger partial charge in [0.25, 0.3) is 0 Å². The Kier molecular flexibility index (Phi) is 9.44. The molecule has 0 saturated carbocycles. The molecule has 0 aromatic carbocycles. The Morgan fingerprint density at radius 3 is 2.73 bits per heavy atom. The van der Waals surface area contributed by atoms with Crippen molar-refractivity contribution in [1.29, 1.82) is 0 Å². The highest BCUT2D eigenvalue weighted by Gasteiger charge is 1.87. The van der Waals surface area contributed by atoms with Crippen LogP contribution in [0.2, 0.25) is 0 Å². The quantitative estimate of drug-likeness (QED) is 0.386. The molecule has 0 heterocycles. The van der Waals surface area contributed by atoms with Gasteiger partial charge >= 0.3 is 0 Å². The van der Waals surface area contributed by atoms with Crippen molar-refractivity contribution in [2.24, 2.45) is 0 Å². The minimum Gasteiger partial charge on any atom is -0.376 e. The van der Waals surface area contributed by atoms with Crippen LogP contribution in [0.25, 0.3) is 0 Å². The van der Waals surface area contributed by atoms with E-state index in [0.717, 1.165) is 19.4 Å². The molecule has 1 radical (unpaired) electrons. The zero-order chi connectivity index (χ0) is 8.36. The third kappa shape index (κ3) is 9.70. The van der Waals surface area contributed by atoms with Gasteiger partial charge in [0, 0.05) is 6.61 Å². The smallest absolute Gasteiger partial charge is 0.0833 e. The molecule has 0 spiro atoms. The molecule has 0 unspecified atom stereocenters. The highest BCUT2D eigenvalue weighted by atomic mass is 16.5. The van der Waals surface area contributed by atoms with Gasteiger partial charge in [0.1, 0.15) is 0 Å². The van der Waals surface area contributed by atoms with E-state index in [4.69, 9.17) is 4.74 Å². The Morgan fingerprint density at radius 1 is 1.27 bits per heavy atom. The van der Waals surface area contributed by atoms with Gasteiger partial charge in [-0.1, -0.05) is 19.4 Å². The summed E-state index contributed by atoms with van der Waals surface area (Å²) in [6, 6.07) is 0. The molecule has 1 nitrogen and oxygen atoms in total. The molecule has 1 heteroatoms. The average molecular weight is 155 g/mol. The van der Waals surface area contributed by atoms with Crippen molar-refractivity contribution in [3.8, 4) is 0 Å². The zero-order valence-electron chi connectivity index (χ0n) is 7.51. The first kappa shape index (κ1) is 10.7. The molecule has 0 aliphatic rings. The first-order valence-corrected chi connectivity index (χ1v) is 4.46. The van der Waals surface area contributed by atoms with Crippen LogP contribution in [0.4, 0.5) is 0 Å². The number of hydrogen-bond donors (Lipinski definition) is 0. The van der Waals surface area contributed by atoms with Crippen LogP contribution in [-0.4, -0.2) is 6.61 Å². The zero-order valence-corrected chi connectivity index (χ0v) is 7.51. The van der Waals surface area contributed by atoms with Crippen molar-refractivity contribution in [3.05, 3.63) is 19.3 Å². The van der Waals surface area contributed by atoms with E-state index in [2.05, 4.69) is 13.5 Å². The number of rotatable bonds is 8. The fourth-order valence-electron chi connectivity index (χ4n) is 0.852. The van der Waals surface area contributed by atoms with Crippen LogP contribution in [0.1, 0.15) is 39.0 Å². The normalized spacial score (nSPS) is 9.91. The van der Waals surface area contributed by atoms with E-state index in [1.54, 1.807) is 0 Å². The lowest BCUT2D eigenvalue weighted by atomic mass is 10.2. The van der Waals surface area contributed by atoms with Gasteiger partial charge in [-0.05, 0) is 25.7 Å². The van der Waals surface area contributed by atoms with Crippen LogP contribution in [0.15, 0.2) is 12.7 Å². The molecule has 0 amide bonds. The maximum Gasteiger partial charge on any atom is 0.0833 e. The van der Waals surface area contributed by atoms with Gasteiger partial charge in [-0.25, -0.2) is 0 Å². The van der Waals surface area contributed by atoms with Crippen LogP contribution in [0, 0.1) is 6.61 Å².